The third-order valence-electron chi connectivity index (χ3n) is 3.66. The summed E-state index contributed by atoms with van der Waals surface area (Å²) in [4.78, 5) is 24.7. The largest absolute Gasteiger partial charge is 0.482 e. The van der Waals surface area contributed by atoms with E-state index in [4.69, 9.17) is 16.3 Å². The Hall–Kier alpha value is -3.07. The summed E-state index contributed by atoms with van der Waals surface area (Å²) in [5.74, 6) is -0.877. The maximum absolute atomic E-state index is 12.4. The van der Waals surface area contributed by atoms with Gasteiger partial charge in [0.15, 0.2) is 6.61 Å². The number of nitrogens with zero attached hydrogens (tertiary/aromatic N) is 2. The molecule has 0 aliphatic heterocycles. The number of nitrogens with one attached hydrogen (secondary N) is 1. The van der Waals surface area contributed by atoms with Gasteiger partial charge in [0.05, 0.1) is 17.3 Å². The first-order chi connectivity index (χ1) is 13.2. The van der Waals surface area contributed by atoms with E-state index in [0.29, 0.717) is 10.8 Å². The van der Waals surface area contributed by atoms with Gasteiger partial charge in [-0.25, -0.2) is 4.68 Å². The van der Waals surface area contributed by atoms with Crippen LogP contribution in [0, 0.1) is 0 Å². The van der Waals surface area contributed by atoms with Gasteiger partial charge >= 0.3 is 6.18 Å². The van der Waals surface area contributed by atoms with Gasteiger partial charge in [-0.05, 0) is 24.3 Å². The van der Waals surface area contributed by atoms with Crippen LogP contribution in [-0.4, -0.2) is 28.5 Å². The monoisotopic (exact) mass is 411 g/mol. The molecule has 146 valence electrons. The van der Waals surface area contributed by atoms with E-state index in [2.05, 4.69) is 10.4 Å². The van der Waals surface area contributed by atoms with Crippen LogP contribution in [0.25, 0.3) is 10.8 Å². The van der Waals surface area contributed by atoms with E-state index in [0.717, 1.165) is 4.68 Å². The fourth-order valence-corrected chi connectivity index (χ4v) is 2.62. The molecule has 1 N–H and O–H groups in total. The molecule has 1 amide bonds. The van der Waals surface area contributed by atoms with Crippen LogP contribution >= 0.6 is 11.6 Å². The third kappa shape index (κ3) is 4.80. The average molecular weight is 412 g/mol. The van der Waals surface area contributed by atoms with Gasteiger partial charge in [0.1, 0.15) is 12.3 Å². The molecule has 0 fully saturated rings. The van der Waals surface area contributed by atoms with E-state index in [9.17, 15) is 22.8 Å². The lowest BCUT2D eigenvalue weighted by atomic mass is 10.2. The quantitative estimate of drug-likeness (QED) is 0.696. The van der Waals surface area contributed by atoms with Crippen LogP contribution in [0.3, 0.4) is 0 Å². The van der Waals surface area contributed by atoms with Crippen molar-refractivity contribution >= 4 is 34.0 Å². The molecule has 0 aliphatic carbocycles. The van der Waals surface area contributed by atoms with E-state index in [1.54, 1.807) is 24.3 Å². The maximum Gasteiger partial charge on any atom is 0.422 e. The molecule has 3 aromatic rings. The van der Waals surface area contributed by atoms with E-state index >= 15 is 0 Å². The summed E-state index contributed by atoms with van der Waals surface area (Å²) in [6, 6.07) is 10.6. The smallest absolute Gasteiger partial charge is 0.422 e. The van der Waals surface area contributed by atoms with Gasteiger partial charge in [0.25, 0.3) is 5.56 Å². The first-order valence-electron chi connectivity index (χ1n) is 7.97. The lowest BCUT2D eigenvalue weighted by molar-refractivity contribution is -0.153. The Labute approximate surface area is 161 Å². The highest BCUT2D eigenvalue weighted by molar-refractivity contribution is 6.31. The summed E-state index contributed by atoms with van der Waals surface area (Å²) in [5.41, 5.74) is -0.511. The van der Waals surface area contributed by atoms with Crippen LogP contribution in [0.5, 0.6) is 5.75 Å². The summed E-state index contributed by atoms with van der Waals surface area (Å²) in [5, 5.41) is 7.54. The van der Waals surface area contributed by atoms with Gasteiger partial charge in [-0.3, -0.25) is 9.59 Å². The topological polar surface area (TPSA) is 73.2 Å². The Morgan fingerprint density at radius 1 is 1.21 bits per heavy atom. The van der Waals surface area contributed by atoms with Gasteiger partial charge in [-0.1, -0.05) is 29.8 Å². The molecule has 0 aliphatic rings. The molecular weight excluding hydrogens is 399 g/mol. The number of hydrogen-bond acceptors (Lipinski definition) is 4. The Bertz CT molecular complexity index is 1080. The van der Waals surface area contributed by atoms with Gasteiger partial charge in [0, 0.05) is 10.4 Å². The first kappa shape index (κ1) is 19.7. The number of halogens is 4. The minimum Gasteiger partial charge on any atom is -0.482 e. The standard InChI is InChI=1S/C18H13ClF3N3O3/c19-12-5-6-15(28-10-18(20,21)22)14(7-12)24-16(26)9-25-17(27)13-4-2-1-3-11(13)8-23-25/h1-8H,9-10H2,(H,24,26). The molecule has 0 unspecified atom stereocenters. The summed E-state index contributed by atoms with van der Waals surface area (Å²) in [6.45, 7) is -1.96. The van der Waals surface area contributed by atoms with Gasteiger partial charge in [0.2, 0.25) is 5.91 Å². The van der Waals surface area contributed by atoms with Crippen molar-refractivity contribution in [3.63, 3.8) is 0 Å². The van der Waals surface area contributed by atoms with Crippen molar-refractivity contribution in [2.75, 3.05) is 11.9 Å². The van der Waals surface area contributed by atoms with E-state index in [-0.39, 0.29) is 16.5 Å². The lowest BCUT2D eigenvalue weighted by Gasteiger charge is -2.14. The Morgan fingerprint density at radius 2 is 1.96 bits per heavy atom. The number of rotatable bonds is 5. The summed E-state index contributed by atoms with van der Waals surface area (Å²) >= 11 is 5.84. The molecule has 1 heterocycles. The highest BCUT2D eigenvalue weighted by Gasteiger charge is 2.29. The molecule has 6 nitrogen and oxygen atoms in total. The number of hydrogen-bond donors (Lipinski definition) is 1. The number of ether oxygens (including phenoxy) is 1. The summed E-state index contributed by atoms with van der Waals surface area (Å²) in [6.07, 6.45) is -3.09. The molecule has 0 radical (unpaired) electrons. The predicted octanol–water partition coefficient (Wildman–Crippen LogP) is 3.63. The Balaban J connectivity index is 1.79. The lowest BCUT2D eigenvalue weighted by Crippen LogP contribution is -2.29. The van der Waals surface area contributed by atoms with Gasteiger partial charge in [-0.15, -0.1) is 0 Å². The van der Waals surface area contributed by atoms with Crippen LogP contribution in [0.15, 0.2) is 53.5 Å². The van der Waals surface area contributed by atoms with Crippen LogP contribution in [0.2, 0.25) is 5.02 Å². The highest BCUT2D eigenvalue weighted by atomic mass is 35.5. The van der Waals surface area contributed by atoms with Crippen molar-refractivity contribution in [1.29, 1.82) is 0 Å². The second kappa shape index (κ2) is 7.89. The van der Waals surface area contributed by atoms with E-state index < -0.39 is 30.8 Å². The molecular formula is C18H13ClF3N3O3. The number of amides is 1. The average Bonchev–Trinajstić information content (AvgIpc) is 2.63. The minimum absolute atomic E-state index is 0.0458. The SMILES string of the molecule is O=C(Cn1ncc2ccccc2c1=O)Nc1cc(Cl)ccc1OCC(F)(F)F. The van der Waals surface area contributed by atoms with Crippen LogP contribution in [0.4, 0.5) is 18.9 Å². The normalized spacial score (nSPS) is 11.4. The van der Waals surface area contributed by atoms with Crippen molar-refractivity contribution in [2.24, 2.45) is 0 Å². The highest BCUT2D eigenvalue weighted by Crippen LogP contribution is 2.29. The molecule has 0 atom stereocenters. The molecule has 0 saturated carbocycles. The first-order valence-corrected chi connectivity index (χ1v) is 8.34. The van der Waals surface area contributed by atoms with Crippen molar-refractivity contribution < 1.29 is 22.7 Å². The molecule has 0 bridgehead atoms. The Morgan fingerprint density at radius 3 is 2.71 bits per heavy atom. The van der Waals surface area contributed by atoms with Crippen LogP contribution in [0.1, 0.15) is 0 Å². The number of benzene rings is 2. The number of carbonyl (C=O) groups excluding carboxylic acids is 1. The number of carbonyl (C=O) groups is 1. The maximum atomic E-state index is 12.4. The molecule has 28 heavy (non-hydrogen) atoms. The molecule has 0 saturated heterocycles. The van der Waals surface area contributed by atoms with Crippen molar-refractivity contribution in [1.82, 2.24) is 9.78 Å². The van der Waals surface area contributed by atoms with Gasteiger partial charge in [-0.2, -0.15) is 18.3 Å². The van der Waals surface area contributed by atoms with Gasteiger partial charge < -0.3 is 10.1 Å². The molecule has 1 aromatic heterocycles. The van der Waals surface area contributed by atoms with Crippen LogP contribution < -0.4 is 15.6 Å². The third-order valence-corrected chi connectivity index (χ3v) is 3.90. The second-order valence-corrected chi connectivity index (χ2v) is 6.22. The zero-order valence-corrected chi connectivity index (χ0v) is 14.9. The van der Waals surface area contributed by atoms with Crippen LogP contribution in [-0.2, 0) is 11.3 Å². The molecule has 0 spiro atoms. The second-order valence-electron chi connectivity index (χ2n) is 5.79. The summed E-state index contributed by atoms with van der Waals surface area (Å²) in [7, 11) is 0. The number of aromatic nitrogens is 2. The van der Waals surface area contributed by atoms with Crippen molar-refractivity contribution in [2.45, 2.75) is 12.7 Å². The van der Waals surface area contributed by atoms with Crippen molar-refractivity contribution in [3.8, 4) is 5.75 Å². The zero-order chi connectivity index (χ0) is 20.3. The number of alkyl halides is 3. The molecule has 3 rings (SSSR count). The fourth-order valence-electron chi connectivity index (χ4n) is 2.45. The Kier molecular flexibility index (Phi) is 5.55. The van der Waals surface area contributed by atoms with E-state index in [1.807, 2.05) is 0 Å². The molecule has 10 heteroatoms. The number of fused-ring (bicyclic) bond motifs is 1. The fraction of sp³-hybridized carbons (Fsp3) is 0.167. The van der Waals surface area contributed by atoms with E-state index in [1.165, 1.54) is 24.4 Å². The molecule has 2 aromatic carbocycles. The minimum atomic E-state index is -4.54. The summed E-state index contributed by atoms with van der Waals surface area (Å²) < 4.78 is 42.8. The number of anilines is 1. The van der Waals surface area contributed by atoms with Crippen molar-refractivity contribution in [3.05, 3.63) is 64.0 Å². The zero-order valence-electron chi connectivity index (χ0n) is 14.2. The predicted molar refractivity (Wildman–Crippen MR) is 97.6 cm³/mol.